The standard InChI is InChI=1S/C65H96BrN9O14S/c1-19-22-58(82)73-34-56(80)67-42(10)51(77)28-40(8)60(84)70-48-31-45(23-24-53(48)89-64(87)41(9)29-52(78)43(11)68-57(81)35-74(73)59(83)25-26-66)30-46(27-38(6)20-2)69-61(85)49-36-90-62(71-49)54(88-44(12)76)33-50(37(4)5)72(15)63(86)47(39(7)21-3)32-55(79)65(13,14)75(16,17)18/h19,22-26,31,36-43,46-47,50,54H,20-21,27-30,32-35H2,1-18H3,(H3-,67,68,69,70,80,81,84,85)/p+1/b22-19+,26-25+/t38?,39-,40+,41+,42-,43-,46+,47-,50+,54+/m0/s1. The normalized spacial score (nSPS) is 20.3. The summed E-state index contributed by atoms with van der Waals surface area (Å²) in [5.74, 6) is -10.5. The van der Waals surface area contributed by atoms with Crippen molar-refractivity contribution in [1.82, 2.24) is 35.9 Å². The number of anilines is 1. The number of amides is 7. The maximum atomic E-state index is 14.6. The van der Waals surface area contributed by atoms with E-state index in [1.165, 1.54) is 58.7 Å². The average molecular weight is 1340 g/mol. The van der Waals surface area contributed by atoms with Crippen LogP contribution in [-0.2, 0) is 63.9 Å². The molecule has 4 N–H and O–H groups in total. The number of esters is 2. The van der Waals surface area contributed by atoms with Crippen molar-refractivity contribution < 1.29 is 71.5 Å². The van der Waals surface area contributed by atoms with Gasteiger partial charge in [0.1, 0.15) is 23.8 Å². The molecule has 0 radical (unpaired) electrons. The summed E-state index contributed by atoms with van der Waals surface area (Å²) >= 11 is 4.14. The molecule has 2 heterocycles. The Balaban J connectivity index is 2.02. The Labute approximate surface area is 543 Å². The molecule has 1 aliphatic rings. The number of aromatic nitrogens is 1. The lowest BCUT2D eigenvalue weighted by atomic mass is 9.80. The molecule has 1 aromatic heterocycles. The molecule has 0 saturated carbocycles. The number of hydrazine groups is 1. The highest BCUT2D eigenvalue weighted by molar-refractivity contribution is 9.11. The molecule has 498 valence electrons. The van der Waals surface area contributed by atoms with Gasteiger partial charge in [0.15, 0.2) is 34.7 Å². The van der Waals surface area contributed by atoms with E-state index in [0.717, 1.165) is 29.9 Å². The minimum absolute atomic E-state index is 0.0210. The first-order valence-electron chi connectivity index (χ1n) is 30.8. The summed E-state index contributed by atoms with van der Waals surface area (Å²) in [6.45, 7) is 22.6. The van der Waals surface area contributed by atoms with E-state index in [1.54, 1.807) is 29.5 Å². The van der Waals surface area contributed by atoms with Crippen molar-refractivity contribution >= 4 is 104 Å². The fourth-order valence-electron chi connectivity index (χ4n) is 9.92. The summed E-state index contributed by atoms with van der Waals surface area (Å²) in [4.78, 5) is 172. The lowest BCUT2D eigenvalue weighted by molar-refractivity contribution is -0.908. The Morgan fingerprint density at radius 3 is 1.94 bits per heavy atom. The van der Waals surface area contributed by atoms with E-state index >= 15 is 0 Å². The third-order valence-corrected chi connectivity index (χ3v) is 18.2. The second-order valence-corrected chi connectivity index (χ2v) is 26.9. The second-order valence-electron chi connectivity index (χ2n) is 25.5. The molecule has 1 aliphatic heterocycles. The number of fused-ring (bicyclic) bond motifs is 1. The summed E-state index contributed by atoms with van der Waals surface area (Å²) in [5, 5.41) is 14.2. The molecule has 0 spiro atoms. The highest BCUT2D eigenvalue weighted by Crippen LogP contribution is 2.35. The fourth-order valence-corrected chi connectivity index (χ4v) is 11.0. The first kappa shape index (κ1) is 77.3. The molecule has 0 aliphatic carbocycles. The summed E-state index contributed by atoms with van der Waals surface area (Å²) in [7, 11) is 7.58. The summed E-state index contributed by atoms with van der Waals surface area (Å²) < 4.78 is 12.1. The highest BCUT2D eigenvalue weighted by Gasteiger charge is 2.44. The Morgan fingerprint density at radius 1 is 0.867 bits per heavy atom. The van der Waals surface area contributed by atoms with Gasteiger partial charge in [0.05, 0.1) is 44.8 Å². The summed E-state index contributed by atoms with van der Waals surface area (Å²) in [6, 6.07) is 1.28. The van der Waals surface area contributed by atoms with Crippen molar-refractivity contribution in [2.24, 2.45) is 35.5 Å². The molecule has 90 heavy (non-hydrogen) atoms. The van der Waals surface area contributed by atoms with Crippen LogP contribution in [0.25, 0.3) is 0 Å². The fraction of sp³-hybridized carbons (Fsp3) is 0.615. The minimum atomic E-state index is -1.21. The van der Waals surface area contributed by atoms with Gasteiger partial charge < -0.3 is 40.1 Å². The molecule has 10 atom stereocenters. The number of carbonyl (C=O) groups is 12. The maximum absolute atomic E-state index is 14.6. The number of nitrogens with one attached hydrogen (secondary N) is 4. The number of carbonyl (C=O) groups excluding carboxylic acids is 12. The number of benzene rings is 1. The number of hydrogen-bond acceptors (Lipinski definition) is 16. The van der Waals surface area contributed by atoms with Crippen molar-refractivity contribution in [1.29, 1.82) is 0 Å². The molecular formula is C65H97BrN9O14S+. The molecule has 0 saturated heterocycles. The molecular weight excluding hydrogens is 1240 g/mol. The number of quaternary nitrogens is 1. The number of nitrogens with zero attached hydrogens (tertiary/aromatic N) is 5. The van der Waals surface area contributed by atoms with Gasteiger partial charge in [-0.05, 0) is 87.9 Å². The molecule has 0 fully saturated rings. The Hall–Kier alpha value is -6.99. The zero-order valence-corrected chi connectivity index (χ0v) is 58.2. The number of allylic oxidation sites excluding steroid dienone is 1. The number of ether oxygens (including phenoxy) is 2. The van der Waals surface area contributed by atoms with Crippen LogP contribution in [0.1, 0.15) is 169 Å². The maximum Gasteiger partial charge on any atom is 0.314 e. The average Bonchev–Trinajstić information content (AvgIpc) is 2.21. The van der Waals surface area contributed by atoms with E-state index in [0.29, 0.717) is 37.9 Å². The number of hydrogen-bond donors (Lipinski definition) is 4. The predicted octanol–water partition coefficient (Wildman–Crippen LogP) is 7.62. The van der Waals surface area contributed by atoms with E-state index in [4.69, 9.17) is 14.5 Å². The number of ketones is 3. The van der Waals surface area contributed by atoms with Crippen molar-refractivity contribution in [2.45, 2.75) is 184 Å². The Bertz CT molecular complexity index is 2990. The minimum Gasteiger partial charge on any atom is -0.455 e. The van der Waals surface area contributed by atoms with Crippen molar-refractivity contribution in [3.05, 3.63) is 63.1 Å². The molecule has 25 heteroatoms. The van der Waals surface area contributed by atoms with Crippen LogP contribution in [0.5, 0.6) is 5.75 Å². The Morgan fingerprint density at radius 2 is 1.43 bits per heavy atom. The van der Waals surface area contributed by atoms with E-state index in [9.17, 15) is 57.5 Å². The number of Topliss-reactive ketones (excluding diaryl/α,β-unsaturated/α-hetero) is 3. The smallest absolute Gasteiger partial charge is 0.314 e. The zero-order chi connectivity index (χ0) is 68.3. The lowest BCUT2D eigenvalue weighted by Crippen LogP contribution is -2.58. The van der Waals surface area contributed by atoms with Gasteiger partial charge in [-0.3, -0.25) is 57.5 Å². The van der Waals surface area contributed by atoms with E-state index in [-0.39, 0.29) is 65.8 Å². The van der Waals surface area contributed by atoms with Crippen LogP contribution in [-0.4, -0.2) is 166 Å². The van der Waals surface area contributed by atoms with Gasteiger partial charge in [-0.25, -0.2) is 15.0 Å². The van der Waals surface area contributed by atoms with Crippen LogP contribution in [0.2, 0.25) is 0 Å². The van der Waals surface area contributed by atoms with Crippen molar-refractivity contribution in [3.63, 3.8) is 0 Å². The molecule has 2 aromatic rings. The van der Waals surface area contributed by atoms with Crippen LogP contribution < -0.4 is 26.0 Å². The summed E-state index contributed by atoms with van der Waals surface area (Å²) in [6.07, 6.45) is 4.01. The number of halogens is 1. The van der Waals surface area contributed by atoms with Crippen molar-refractivity contribution in [3.8, 4) is 5.75 Å². The highest BCUT2D eigenvalue weighted by atomic mass is 79.9. The largest absolute Gasteiger partial charge is 0.455 e. The monoisotopic (exact) mass is 1340 g/mol. The van der Waals surface area contributed by atoms with Gasteiger partial charge >= 0.3 is 11.9 Å². The molecule has 3 rings (SSSR count). The molecule has 23 nitrogen and oxygen atoms in total. The topological polar surface area (TPSA) is 294 Å². The van der Waals surface area contributed by atoms with Crippen LogP contribution >= 0.6 is 27.3 Å². The quantitative estimate of drug-likeness (QED) is 0.0382. The Kier molecular flexibility index (Phi) is 30.0. The predicted molar refractivity (Wildman–Crippen MR) is 346 cm³/mol. The van der Waals surface area contributed by atoms with E-state index in [1.807, 2.05) is 76.5 Å². The van der Waals surface area contributed by atoms with Crippen LogP contribution in [0.4, 0.5) is 5.69 Å². The van der Waals surface area contributed by atoms with Gasteiger partial charge in [0.25, 0.3) is 17.7 Å². The van der Waals surface area contributed by atoms with Gasteiger partial charge in [-0.15, -0.1) is 11.3 Å². The number of thiazole rings is 1. The van der Waals surface area contributed by atoms with Gasteiger partial charge in [-0.2, -0.15) is 0 Å². The SMILES string of the molecule is C/C=C/C(=O)N1CC(=O)N[C@@H](C)C(=O)C[C@@H](C)C(=O)Nc2cc(C[C@@H](CC(C)CC)NC(=O)c3csc([C@@H](C[C@H](C(C)C)N(C)C(=O)[C@@H](CC(=O)C(C)(C)[N+](C)(C)C)[C@@H](C)CC)OC(C)=O)n3)ccc2OC(=O)[C@H](C)CC(=O)[C@H](C)NC(=O)CN1C(=O)/C=C/Br. The zero-order valence-electron chi connectivity index (χ0n) is 55.8. The van der Waals surface area contributed by atoms with Gasteiger partial charge in [-0.1, -0.05) is 96.3 Å². The van der Waals surface area contributed by atoms with E-state index < -0.39 is 138 Å². The third-order valence-electron chi connectivity index (χ3n) is 17.0. The molecule has 1 unspecified atom stereocenters. The lowest BCUT2D eigenvalue weighted by Gasteiger charge is -2.41. The first-order chi connectivity index (χ1) is 41.9. The number of likely N-dealkylation sites (N-methyl/N-ethyl adjacent to an activating group) is 1. The van der Waals surface area contributed by atoms with E-state index in [2.05, 4.69) is 37.2 Å². The van der Waals surface area contributed by atoms with Crippen LogP contribution in [0.3, 0.4) is 0 Å². The molecule has 7 amide bonds. The molecule has 0 bridgehead atoms. The first-order valence-corrected chi connectivity index (χ1v) is 32.6. The summed E-state index contributed by atoms with van der Waals surface area (Å²) in [5.41, 5.74) is -0.0791. The van der Waals surface area contributed by atoms with Crippen molar-refractivity contribution in [2.75, 3.05) is 46.6 Å². The van der Waals surface area contributed by atoms with Crippen LogP contribution in [0.15, 0.2) is 46.8 Å². The van der Waals surface area contributed by atoms with Crippen LogP contribution in [0, 0.1) is 35.5 Å². The van der Waals surface area contributed by atoms with Gasteiger partial charge in [0, 0.05) is 81.1 Å². The molecule has 1 aromatic carbocycles. The number of rotatable bonds is 22. The van der Waals surface area contributed by atoms with Gasteiger partial charge in [0.2, 0.25) is 23.6 Å². The third kappa shape index (κ3) is 22.4. The second kappa shape index (κ2) is 35.0.